The molecule has 0 unspecified atom stereocenters. The quantitative estimate of drug-likeness (QED) is 0.651. The van der Waals surface area contributed by atoms with Gasteiger partial charge in [-0.2, -0.15) is 0 Å². The van der Waals surface area contributed by atoms with Crippen LogP contribution in [0.4, 0.5) is 0 Å². The van der Waals surface area contributed by atoms with Crippen LogP contribution in [0, 0.1) is 0 Å². The molecule has 120 valence electrons. The first-order valence-corrected chi connectivity index (χ1v) is 7.73. The first-order valence-electron chi connectivity index (χ1n) is 7.73. The predicted molar refractivity (Wildman–Crippen MR) is 87.9 cm³/mol. The van der Waals surface area contributed by atoms with E-state index < -0.39 is 0 Å². The average Bonchev–Trinajstić information content (AvgIpc) is 3.21. The third-order valence-electron chi connectivity index (χ3n) is 3.61. The lowest BCUT2D eigenvalue weighted by Gasteiger charge is -2.07. The molecule has 5 heteroatoms. The minimum Gasteiger partial charge on any atom is -0.467 e. The molecule has 3 aromatic rings. The van der Waals surface area contributed by atoms with Crippen LogP contribution in [0.3, 0.4) is 0 Å². The summed E-state index contributed by atoms with van der Waals surface area (Å²) in [7, 11) is 0. The van der Waals surface area contributed by atoms with Crippen molar-refractivity contribution in [1.29, 1.82) is 0 Å². The van der Waals surface area contributed by atoms with Crippen molar-refractivity contribution < 1.29 is 13.9 Å². The number of hydrogen-bond donors (Lipinski definition) is 1. The van der Waals surface area contributed by atoms with Gasteiger partial charge in [-0.05, 0) is 36.1 Å². The van der Waals surface area contributed by atoms with Gasteiger partial charge in [0, 0.05) is 24.9 Å². The highest BCUT2D eigenvalue weighted by Crippen LogP contribution is 2.14. The van der Waals surface area contributed by atoms with Crippen LogP contribution in [0.2, 0.25) is 0 Å². The Morgan fingerprint density at radius 2 is 2.09 bits per heavy atom. The summed E-state index contributed by atoms with van der Waals surface area (Å²) < 4.78 is 12.6. The van der Waals surface area contributed by atoms with E-state index in [1.54, 1.807) is 6.26 Å². The van der Waals surface area contributed by atoms with Gasteiger partial charge in [-0.3, -0.25) is 4.79 Å². The highest BCUT2D eigenvalue weighted by molar-refractivity contribution is 5.83. The fraction of sp³-hybridized carbons (Fsp3) is 0.278. The number of rotatable bonds is 8. The van der Waals surface area contributed by atoms with Gasteiger partial charge in [-0.15, -0.1) is 0 Å². The Morgan fingerprint density at radius 3 is 2.96 bits per heavy atom. The van der Waals surface area contributed by atoms with Crippen LogP contribution in [0.5, 0.6) is 0 Å². The number of carbonyl (C=O) groups excluding carboxylic acids is 1. The Kier molecular flexibility index (Phi) is 5.11. The summed E-state index contributed by atoms with van der Waals surface area (Å²) in [6.07, 6.45) is 4.35. The van der Waals surface area contributed by atoms with Crippen LogP contribution in [0.25, 0.3) is 10.9 Å². The molecule has 3 rings (SSSR count). The van der Waals surface area contributed by atoms with Crippen LogP contribution in [-0.4, -0.2) is 23.6 Å². The molecular weight excluding hydrogens is 292 g/mol. The second-order valence-corrected chi connectivity index (χ2v) is 5.34. The Labute approximate surface area is 134 Å². The second-order valence-electron chi connectivity index (χ2n) is 5.34. The van der Waals surface area contributed by atoms with E-state index in [0.29, 0.717) is 26.3 Å². The van der Waals surface area contributed by atoms with Crippen molar-refractivity contribution in [3.63, 3.8) is 0 Å². The summed E-state index contributed by atoms with van der Waals surface area (Å²) in [5.41, 5.74) is 1.07. The molecule has 2 heterocycles. The van der Waals surface area contributed by atoms with Crippen LogP contribution in [0.1, 0.15) is 12.2 Å². The molecule has 0 aliphatic carbocycles. The van der Waals surface area contributed by atoms with E-state index in [0.717, 1.165) is 23.1 Å². The summed E-state index contributed by atoms with van der Waals surface area (Å²) in [5.74, 6) is 0.825. The predicted octanol–water partition coefficient (Wildman–Crippen LogP) is 2.96. The Balaban J connectivity index is 1.35. The van der Waals surface area contributed by atoms with Gasteiger partial charge < -0.3 is 19.0 Å². The number of aromatic nitrogens is 1. The van der Waals surface area contributed by atoms with Gasteiger partial charge in [-0.1, -0.05) is 18.2 Å². The number of hydrogen-bond acceptors (Lipinski definition) is 3. The summed E-state index contributed by atoms with van der Waals surface area (Å²) in [5, 5.41) is 4.06. The van der Waals surface area contributed by atoms with Gasteiger partial charge in [0.05, 0.1) is 6.26 Å². The van der Waals surface area contributed by atoms with Crippen LogP contribution < -0.4 is 5.32 Å². The molecule has 0 aliphatic heterocycles. The molecular formula is C18H20N2O3. The molecule has 1 amide bonds. The molecule has 23 heavy (non-hydrogen) atoms. The zero-order valence-electron chi connectivity index (χ0n) is 12.9. The maximum Gasteiger partial charge on any atom is 0.239 e. The zero-order valence-corrected chi connectivity index (χ0v) is 12.9. The Morgan fingerprint density at radius 1 is 1.17 bits per heavy atom. The average molecular weight is 312 g/mol. The number of carbonyl (C=O) groups is 1. The van der Waals surface area contributed by atoms with E-state index in [4.69, 9.17) is 9.15 Å². The smallest absolute Gasteiger partial charge is 0.239 e. The van der Waals surface area contributed by atoms with Gasteiger partial charge >= 0.3 is 0 Å². The fourth-order valence-electron chi connectivity index (χ4n) is 2.46. The second kappa shape index (κ2) is 7.65. The zero-order chi connectivity index (χ0) is 15.9. The highest BCUT2D eigenvalue weighted by atomic mass is 16.5. The van der Waals surface area contributed by atoms with E-state index in [2.05, 4.69) is 5.32 Å². The van der Waals surface area contributed by atoms with Crippen molar-refractivity contribution in [3.8, 4) is 0 Å². The maximum absolute atomic E-state index is 12.0. The van der Waals surface area contributed by atoms with Crippen molar-refractivity contribution in [2.24, 2.45) is 0 Å². The van der Waals surface area contributed by atoms with Gasteiger partial charge in [0.25, 0.3) is 0 Å². The number of furan rings is 1. The van der Waals surface area contributed by atoms with Gasteiger partial charge in [0.1, 0.15) is 18.9 Å². The third-order valence-corrected chi connectivity index (χ3v) is 3.61. The molecule has 0 bridgehead atoms. The molecule has 0 fully saturated rings. The first kappa shape index (κ1) is 15.4. The van der Waals surface area contributed by atoms with Gasteiger partial charge in [0.15, 0.2) is 0 Å². The SMILES string of the molecule is O=C(Cn1ccc2ccccc21)NCCCOCc1ccco1. The van der Waals surface area contributed by atoms with E-state index in [-0.39, 0.29) is 5.91 Å². The van der Waals surface area contributed by atoms with Crippen LogP contribution in [-0.2, 0) is 22.7 Å². The fourth-order valence-corrected chi connectivity index (χ4v) is 2.46. The molecule has 0 aliphatic rings. The number of benzene rings is 1. The van der Waals surface area contributed by atoms with Crippen molar-refractivity contribution in [1.82, 2.24) is 9.88 Å². The molecule has 0 spiro atoms. The van der Waals surface area contributed by atoms with E-state index in [1.165, 1.54) is 0 Å². The van der Waals surface area contributed by atoms with Gasteiger partial charge in [0.2, 0.25) is 5.91 Å². The lowest BCUT2D eigenvalue weighted by Crippen LogP contribution is -2.28. The van der Waals surface area contributed by atoms with Crippen molar-refractivity contribution >= 4 is 16.8 Å². The summed E-state index contributed by atoms with van der Waals surface area (Å²) in [6.45, 7) is 2.00. The molecule has 0 radical (unpaired) electrons. The number of amides is 1. The topological polar surface area (TPSA) is 56.4 Å². The van der Waals surface area contributed by atoms with Crippen LogP contribution in [0.15, 0.2) is 59.3 Å². The lowest BCUT2D eigenvalue weighted by molar-refractivity contribution is -0.121. The summed E-state index contributed by atoms with van der Waals surface area (Å²) >= 11 is 0. The molecule has 0 saturated heterocycles. The largest absolute Gasteiger partial charge is 0.467 e. The Bertz CT molecular complexity index is 747. The number of para-hydroxylation sites is 1. The normalized spacial score (nSPS) is 11.0. The number of ether oxygens (including phenoxy) is 1. The monoisotopic (exact) mass is 312 g/mol. The maximum atomic E-state index is 12.0. The standard InChI is InChI=1S/C18H20N2O3/c21-18(13-20-10-8-15-5-1-2-7-17(15)20)19-9-4-11-22-14-16-6-3-12-23-16/h1-3,5-8,10,12H,4,9,11,13-14H2,(H,19,21). The van der Waals surface area contributed by atoms with Gasteiger partial charge in [-0.25, -0.2) is 0 Å². The Hall–Kier alpha value is -2.53. The molecule has 2 aromatic heterocycles. The number of nitrogens with one attached hydrogen (secondary N) is 1. The minimum atomic E-state index is 0.0115. The number of fused-ring (bicyclic) bond motifs is 1. The molecule has 1 aromatic carbocycles. The van der Waals surface area contributed by atoms with E-state index in [9.17, 15) is 4.79 Å². The van der Waals surface area contributed by atoms with E-state index in [1.807, 2.05) is 53.2 Å². The van der Waals surface area contributed by atoms with Crippen molar-refractivity contribution in [3.05, 3.63) is 60.7 Å². The van der Waals surface area contributed by atoms with Crippen molar-refractivity contribution in [2.45, 2.75) is 19.6 Å². The summed E-state index contributed by atoms with van der Waals surface area (Å²) in [4.78, 5) is 12.0. The lowest BCUT2D eigenvalue weighted by atomic mass is 10.2. The first-order chi connectivity index (χ1) is 11.3. The molecule has 0 saturated carbocycles. The third kappa shape index (κ3) is 4.23. The minimum absolute atomic E-state index is 0.0115. The van der Waals surface area contributed by atoms with E-state index >= 15 is 0 Å². The molecule has 0 atom stereocenters. The summed E-state index contributed by atoms with van der Waals surface area (Å²) in [6, 6.07) is 13.8. The van der Waals surface area contributed by atoms with Crippen LogP contribution >= 0.6 is 0 Å². The number of nitrogens with zero attached hydrogens (tertiary/aromatic N) is 1. The molecule has 5 nitrogen and oxygen atoms in total. The highest BCUT2D eigenvalue weighted by Gasteiger charge is 2.05. The molecule has 1 N–H and O–H groups in total. The van der Waals surface area contributed by atoms with Crippen molar-refractivity contribution in [2.75, 3.05) is 13.2 Å².